The lowest BCUT2D eigenvalue weighted by Gasteiger charge is -2.30. The van der Waals surface area contributed by atoms with E-state index in [1.54, 1.807) is 7.11 Å². The maximum Gasteiger partial charge on any atom is 0.141 e. The molecule has 1 N–H and O–H groups in total. The largest absolute Gasteiger partial charge is 0.495 e. The predicted molar refractivity (Wildman–Crippen MR) is 76.4 cm³/mol. The van der Waals surface area contributed by atoms with Crippen LogP contribution in [0.2, 0.25) is 0 Å². The fourth-order valence-electron chi connectivity index (χ4n) is 2.65. The van der Waals surface area contributed by atoms with Crippen LogP contribution in [0.25, 0.3) is 0 Å². The van der Waals surface area contributed by atoms with Crippen molar-refractivity contribution in [2.75, 3.05) is 39.1 Å². The van der Waals surface area contributed by atoms with Crippen molar-refractivity contribution in [1.29, 1.82) is 0 Å². The minimum atomic E-state index is 0.744. The zero-order valence-electron chi connectivity index (χ0n) is 11.7. The first-order valence-electron chi connectivity index (χ1n) is 6.76. The van der Waals surface area contributed by atoms with Crippen LogP contribution < -0.4 is 10.1 Å². The number of benzene rings is 1. The summed E-state index contributed by atoms with van der Waals surface area (Å²) in [6, 6.07) is 6.27. The van der Waals surface area contributed by atoms with E-state index in [-0.39, 0.29) is 0 Å². The topological polar surface area (TPSA) is 24.5 Å². The van der Waals surface area contributed by atoms with Crippen LogP contribution in [0.4, 0.5) is 5.69 Å². The van der Waals surface area contributed by atoms with Gasteiger partial charge in [0.05, 0.1) is 12.8 Å². The third-order valence-electron chi connectivity index (χ3n) is 3.66. The van der Waals surface area contributed by atoms with Gasteiger partial charge >= 0.3 is 0 Å². The van der Waals surface area contributed by atoms with Crippen molar-refractivity contribution in [1.82, 2.24) is 4.90 Å². The summed E-state index contributed by atoms with van der Waals surface area (Å²) in [5, 5.41) is 3.54. The maximum absolute atomic E-state index is 5.39. The van der Waals surface area contributed by atoms with E-state index in [2.05, 4.69) is 36.3 Å². The lowest BCUT2D eigenvalue weighted by molar-refractivity contribution is 0.217. The molecule has 1 unspecified atom stereocenters. The Hall–Kier alpha value is -1.22. The van der Waals surface area contributed by atoms with Crippen molar-refractivity contribution in [3.8, 4) is 5.75 Å². The van der Waals surface area contributed by atoms with Crippen LogP contribution in [-0.4, -0.2) is 38.7 Å². The molecule has 0 spiro atoms. The highest BCUT2D eigenvalue weighted by Gasteiger charge is 2.17. The molecule has 0 aliphatic carbocycles. The highest BCUT2D eigenvalue weighted by molar-refractivity contribution is 5.57. The molecule has 1 saturated heterocycles. The van der Waals surface area contributed by atoms with Gasteiger partial charge in [0.2, 0.25) is 0 Å². The van der Waals surface area contributed by atoms with Gasteiger partial charge in [-0.25, -0.2) is 0 Å². The molecule has 1 aliphatic rings. The number of hydrogen-bond acceptors (Lipinski definition) is 3. The van der Waals surface area contributed by atoms with E-state index in [1.807, 2.05) is 6.07 Å². The first kappa shape index (κ1) is 13.2. The van der Waals surface area contributed by atoms with Crippen molar-refractivity contribution in [3.05, 3.63) is 23.8 Å². The maximum atomic E-state index is 5.39. The summed E-state index contributed by atoms with van der Waals surface area (Å²) in [6.45, 7) is 5.58. The lowest BCUT2D eigenvalue weighted by Crippen LogP contribution is -2.35. The SMILES string of the molecule is COc1ccc(C)cc1NCC1CCCN(C)C1. The van der Waals surface area contributed by atoms with E-state index >= 15 is 0 Å². The van der Waals surface area contributed by atoms with Crippen LogP contribution in [0.15, 0.2) is 18.2 Å². The summed E-state index contributed by atoms with van der Waals surface area (Å²) in [7, 11) is 3.93. The molecular formula is C15H24N2O. The summed E-state index contributed by atoms with van der Waals surface area (Å²) < 4.78 is 5.39. The smallest absolute Gasteiger partial charge is 0.141 e. The average molecular weight is 248 g/mol. The molecule has 1 aliphatic heterocycles. The molecule has 1 atom stereocenters. The molecule has 0 saturated carbocycles. The Balaban J connectivity index is 1.94. The number of aryl methyl sites for hydroxylation is 1. The molecule has 0 aromatic heterocycles. The Labute approximate surface area is 110 Å². The molecule has 1 fully saturated rings. The molecule has 1 aromatic carbocycles. The van der Waals surface area contributed by atoms with E-state index in [0.29, 0.717) is 0 Å². The van der Waals surface area contributed by atoms with E-state index in [0.717, 1.165) is 23.9 Å². The molecule has 18 heavy (non-hydrogen) atoms. The van der Waals surface area contributed by atoms with Crippen LogP contribution in [0, 0.1) is 12.8 Å². The van der Waals surface area contributed by atoms with Gasteiger partial charge in [0, 0.05) is 13.1 Å². The summed E-state index contributed by atoms with van der Waals surface area (Å²) >= 11 is 0. The van der Waals surface area contributed by atoms with E-state index in [9.17, 15) is 0 Å². The van der Waals surface area contributed by atoms with Crippen molar-refractivity contribution in [2.24, 2.45) is 5.92 Å². The quantitative estimate of drug-likeness (QED) is 0.886. The molecule has 3 heteroatoms. The van der Waals surface area contributed by atoms with Gasteiger partial charge in [-0.3, -0.25) is 0 Å². The number of ether oxygens (including phenoxy) is 1. The van der Waals surface area contributed by atoms with Gasteiger partial charge in [-0.2, -0.15) is 0 Å². The molecule has 100 valence electrons. The minimum absolute atomic E-state index is 0.744. The molecular weight excluding hydrogens is 224 g/mol. The van der Waals surface area contributed by atoms with Crippen LogP contribution >= 0.6 is 0 Å². The summed E-state index contributed by atoms with van der Waals surface area (Å²) in [5.41, 5.74) is 2.38. The average Bonchev–Trinajstić information content (AvgIpc) is 2.37. The van der Waals surface area contributed by atoms with Gasteiger partial charge in [-0.1, -0.05) is 6.07 Å². The zero-order chi connectivity index (χ0) is 13.0. The van der Waals surface area contributed by atoms with Crippen LogP contribution in [0.1, 0.15) is 18.4 Å². The Morgan fingerprint density at radius 1 is 1.44 bits per heavy atom. The fraction of sp³-hybridized carbons (Fsp3) is 0.600. The number of nitrogens with zero attached hydrogens (tertiary/aromatic N) is 1. The third kappa shape index (κ3) is 3.39. The molecule has 1 aromatic rings. The summed E-state index contributed by atoms with van der Waals surface area (Å²) in [5.74, 6) is 1.68. The Kier molecular flexibility index (Phi) is 4.48. The monoisotopic (exact) mass is 248 g/mol. The minimum Gasteiger partial charge on any atom is -0.495 e. The van der Waals surface area contributed by atoms with Crippen LogP contribution in [0.3, 0.4) is 0 Å². The van der Waals surface area contributed by atoms with Crippen LogP contribution in [-0.2, 0) is 0 Å². The van der Waals surface area contributed by atoms with Crippen molar-refractivity contribution in [2.45, 2.75) is 19.8 Å². The second-order valence-corrected chi connectivity index (χ2v) is 5.36. The summed E-state index contributed by atoms with van der Waals surface area (Å²) in [6.07, 6.45) is 2.64. The molecule has 1 heterocycles. The molecule has 3 nitrogen and oxygen atoms in total. The second-order valence-electron chi connectivity index (χ2n) is 5.36. The number of rotatable bonds is 4. The van der Waals surface area contributed by atoms with Gasteiger partial charge in [0.15, 0.2) is 0 Å². The number of anilines is 1. The van der Waals surface area contributed by atoms with E-state index < -0.39 is 0 Å². The van der Waals surface area contributed by atoms with E-state index in [1.165, 1.54) is 31.5 Å². The summed E-state index contributed by atoms with van der Waals surface area (Å²) in [4.78, 5) is 2.42. The molecule has 0 bridgehead atoms. The standard InChI is InChI=1S/C15H24N2O/c1-12-6-7-15(18-3)14(9-12)16-10-13-5-4-8-17(2)11-13/h6-7,9,13,16H,4-5,8,10-11H2,1-3H3. The molecule has 2 rings (SSSR count). The lowest BCUT2D eigenvalue weighted by atomic mass is 9.98. The zero-order valence-corrected chi connectivity index (χ0v) is 11.7. The second kappa shape index (κ2) is 6.10. The number of hydrogen-bond donors (Lipinski definition) is 1. The van der Waals surface area contributed by atoms with Crippen molar-refractivity contribution < 1.29 is 4.74 Å². The van der Waals surface area contributed by atoms with Gasteiger partial charge in [0.1, 0.15) is 5.75 Å². The number of nitrogens with one attached hydrogen (secondary N) is 1. The highest BCUT2D eigenvalue weighted by Crippen LogP contribution is 2.26. The molecule has 0 amide bonds. The van der Waals surface area contributed by atoms with Gasteiger partial charge < -0.3 is 15.0 Å². The number of piperidine rings is 1. The highest BCUT2D eigenvalue weighted by atomic mass is 16.5. The first-order valence-corrected chi connectivity index (χ1v) is 6.76. The van der Waals surface area contributed by atoms with Crippen molar-refractivity contribution >= 4 is 5.69 Å². The van der Waals surface area contributed by atoms with Crippen LogP contribution in [0.5, 0.6) is 5.75 Å². The number of methoxy groups -OCH3 is 1. The Bertz CT molecular complexity index is 392. The molecule has 0 radical (unpaired) electrons. The van der Waals surface area contributed by atoms with Crippen molar-refractivity contribution in [3.63, 3.8) is 0 Å². The predicted octanol–water partition coefficient (Wildman–Crippen LogP) is 2.76. The number of likely N-dealkylation sites (tertiary alicyclic amines) is 1. The van der Waals surface area contributed by atoms with Gasteiger partial charge in [0.25, 0.3) is 0 Å². The third-order valence-corrected chi connectivity index (χ3v) is 3.66. The van der Waals surface area contributed by atoms with Gasteiger partial charge in [-0.15, -0.1) is 0 Å². The Morgan fingerprint density at radius 2 is 2.28 bits per heavy atom. The normalized spacial score (nSPS) is 20.7. The first-order chi connectivity index (χ1) is 8.69. The van der Waals surface area contributed by atoms with E-state index in [4.69, 9.17) is 4.74 Å². The van der Waals surface area contributed by atoms with Gasteiger partial charge in [-0.05, 0) is 57.0 Å². The fourth-order valence-corrected chi connectivity index (χ4v) is 2.65. The Morgan fingerprint density at radius 3 is 3.00 bits per heavy atom.